The van der Waals surface area contributed by atoms with Crippen molar-refractivity contribution in [2.45, 2.75) is 32.2 Å². The van der Waals surface area contributed by atoms with Gasteiger partial charge in [0.05, 0.1) is 10.0 Å². The summed E-state index contributed by atoms with van der Waals surface area (Å²) in [6.45, 7) is 3.59. The van der Waals surface area contributed by atoms with Crippen LogP contribution in [0.1, 0.15) is 25.3 Å². The van der Waals surface area contributed by atoms with Crippen LogP contribution >= 0.6 is 23.2 Å². The van der Waals surface area contributed by atoms with Crippen LogP contribution in [0.5, 0.6) is 0 Å². The second-order valence-corrected chi connectivity index (χ2v) is 4.86. The maximum absolute atomic E-state index is 6.10. The molecular formula is C13H19Cl2NO. The number of rotatable bonds is 7. The van der Waals surface area contributed by atoms with Crippen LogP contribution in [0.4, 0.5) is 0 Å². The van der Waals surface area contributed by atoms with Gasteiger partial charge in [0.25, 0.3) is 0 Å². The highest BCUT2D eigenvalue weighted by molar-refractivity contribution is 6.42. The van der Waals surface area contributed by atoms with Gasteiger partial charge in [-0.05, 0) is 30.9 Å². The fourth-order valence-corrected chi connectivity index (χ4v) is 1.97. The van der Waals surface area contributed by atoms with Crippen molar-refractivity contribution >= 4 is 23.2 Å². The van der Waals surface area contributed by atoms with Crippen LogP contribution in [0.25, 0.3) is 0 Å². The molecule has 1 rings (SSSR count). The molecule has 0 aliphatic carbocycles. The molecule has 1 unspecified atom stereocenters. The molecule has 2 N–H and O–H groups in total. The maximum Gasteiger partial charge on any atom is 0.0624 e. The minimum Gasteiger partial charge on any atom is -0.381 e. The summed E-state index contributed by atoms with van der Waals surface area (Å²) in [6.07, 6.45) is 2.60. The number of nitrogens with two attached hydrogens (primary N) is 1. The van der Waals surface area contributed by atoms with Gasteiger partial charge in [-0.1, -0.05) is 42.3 Å². The van der Waals surface area contributed by atoms with E-state index >= 15 is 0 Å². The van der Waals surface area contributed by atoms with Crippen LogP contribution in [-0.4, -0.2) is 19.3 Å². The molecule has 0 fully saturated rings. The molecule has 0 aliphatic rings. The molecule has 4 heteroatoms. The molecule has 0 saturated heterocycles. The van der Waals surface area contributed by atoms with Gasteiger partial charge in [0.15, 0.2) is 0 Å². The normalized spacial score (nSPS) is 12.7. The van der Waals surface area contributed by atoms with Crippen LogP contribution in [0.3, 0.4) is 0 Å². The maximum atomic E-state index is 6.10. The van der Waals surface area contributed by atoms with Crippen molar-refractivity contribution in [2.24, 2.45) is 5.73 Å². The molecule has 1 aromatic rings. The minimum atomic E-state index is 0.0582. The van der Waals surface area contributed by atoms with Gasteiger partial charge >= 0.3 is 0 Å². The lowest BCUT2D eigenvalue weighted by Crippen LogP contribution is -2.24. The van der Waals surface area contributed by atoms with E-state index in [0.29, 0.717) is 16.7 Å². The van der Waals surface area contributed by atoms with Crippen molar-refractivity contribution in [3.8, 4) is 0 Å². The number of halogens is 2. The number of benzene rings is 1. The fraction of sp³-hybridized carbons (Fsp3) is 0.538. The molecule has 17 heavy (non-hydrogen) atoms. The molecule has 0 aliphatic heterocycles. The second-order valence-electron chi connectivity index (χ2n) is 4.08. The van der Waals surface area contributed by atoms with Crippen LogP contribution in [0, 0.1) is 0 Å². The summed E-state index contributed by atoms with van der Waals surface area (Å²) < 4.78 is 5.41. The first kappa shape index (κ1) is 14.8. The lowest BCUT2D eigenvalue weighted by molar-refractivity contribution is 0.127. The SMILES string of the molecule is CCCOCCC(N)Cc1cccc(Cl)c1Cl. The van der Waals surface area contributed by atoms with Crippen LogP contribution < -0.4 is 5.73 Å². The van der Waals surface area contributed by atoms with Crippen LogP contribution in [0.15, 0.2) is 18.2 Å². The number of hydrogen-bond donors (Lipinski definition) is 1. The van der Waals surface area contributed by atoms with E-state index in [4.69, 9.17) is 33.7 Å². The molecular weight excluding hydrogens is 257 g/mol. The Hall–Kier alpha value is -0.280. The first-order valence-electron chi connectivity index (χ1n) is 5.91. The zero-order chi connectivity index (χ0) is 12.7. The Balaban J connectivity index is 2.39. The Morgan fingerprint density at radius 1 is 1.29 bits per heavy atom. The van der Waals surface area contributed by atoms with E-state index in [1.54, 1.807) is 6.07 Å². The van der Waals surface area contributed by atoms with Gasteiger partial charge in [0, 0.05) is 19.3 Å². The lowest BCUT2D eigenvalue weighted by Gasteiger charge is -2.13. The molecule has 96 valence electrons. The standard InChI is InChI=1S/C13H19Cl2NO/c1-2-7-17-8-6-11(16)9-10-4-3-5-12(14)13(10)15/h3-5,11H,2,6-9,16H2,1H3. The van der Waals surface area contributed by atoms with Gasteiger partial charge in [-0.15, -0.1) is 0 Å². The number of ether oxygens (including phenoxy) is 1. The Bertz CT molecular complexity index is 344. The van der Waals surface area contributed by atoms with Gasteiger partial charge in [0.1, 0.15) is 0 Å². The van der Waals surface area contributed by atoms with Crippen molar-refractivity contribution in [2.75, 3.05) is 13.2 Å². The van der Waals surface area contributed by atoms with E-state index in [0.717, 1.165) is 31.4 Å². The first-order chi connectivity index (χ1) is 8.15. The predicted molar refractivity (Wildman–Crippen MR) is 73.9 cm³/mol. The van der Waals surface area contributed by atoms with E-state index in [-0.39, 0.29) is 6.04 Å². The largest absolute Gasteiger partial charge is 0.381 e. The highest BCUT2D eigenvalue weighted by Gasteiger charge is 2.09. The fourth-order valence-electron chi connectivity index (χ4n) is 1.57. The van der Waals surface area contributed by atoms with Gasteiger partial charge in [-0.2, -0.15) is 0 Å². The minimum absolute atomic E-state index is 0.0582. The zero-order valence-corrected chi connectivity index (χ0v) is 11.6. The highest BCUT2D eigenvalue weighted by atomic mass is 35.5. The van der Waals surface area contributed by atoms with Crippen molar-refractivity contribution in [3.63, 3.8) is 0 Å². The van der Waals surface area contributed by atoms with Crippen molar-refractivity contribution in [3.05, 3.63) is 33.8 Å². The van der Waals surface area contributed by atoms with Gasteiger partial charge in [0.2, 0.25) is 0 Å². The van der Waals surface area contributed by atoms with Crippen molar-refractivity contribution in [1.82, 2.24) is 0 Å². The average molecular weight is 276 g/mol. The predicted octanol–water partition coefficient (Wildman–Crippen LogP) is 3.68. The summed E-state index contributed by atoms with van der Waals surface area (Å²) >= 11 is 12.0. The van der Waals surface area contributed by atoms with Crippen LogP contribution in [0.2, 0.25) is 10.0 Å². The lowest BCUT2D eigenvalue weighted by atomic mass is 10.0. The van der Waals surface area contributed by atoms with Gasteiger partial charge in [-0.3, -0.25) is 0 Å². The van der Waals surface area contributed by atoms with Gasteiger partial charge < -0.3 is 10.5 Å². The molecule has 2 nitrogen and oxygen atoms in total. The third-order valence-corrected chi connectivity index (χ3v) is 3.35. The molecule has 0 radical (unpaired) electrons. The summed E-state index contributed by atoms with van der Waals surface area (Å²) in [4.78, 5) is 0. The van der Waals surface area contributed by atoms with E-state index in [1.165, 1.54) is 0 Å². The Labute approximate surface area is 113 Å². The quantitative estimate of drug-likeness (QED) is 0.771. The molecule has 0 saturated carbocycles. The van der Waals surface area contributed by atoms with E-state index in [1.807, 2.05) is 12.1 Å². The molecule has 1 atom stereocenters. The van der Waals surface area contributed by atoms with Crippen molar-refractivity contribution < 1.29 is 4.74 Å². The highest BCUT2D eigenvalue weighted by Crippen LogP contribution is 2.26. The van der Waals surface area contributed by atoms with E-state index in [9.17, 15) is 0 Å². The second kappa shape index (κ2) is 7.93. The summed E-state index contributed by atoms with van der Waals surface area (Å²) in [5, 5.41) is 1.19. The molecule has 0 aromatic heterocycles. The van der Waals surface area contributed by atoms with Crippen LogP contribution in [-0.2, 0) is 11.2 Å². The molecule has 1 aromatic carbocycles. The summed E-state index contributed by atoms with van der Waals surface area (Å²) in [6, 6.07) is 5.69. The van der Waals surface area contributed by atoms with Crippen molar-refractivity contribution in [1.29, 1.82) is 0 Å². The summed E-state index contributed by atoms with van der Waals surface area (Å²) in [7, 11) is 0. The van der Waals surface area contributed by atoms with E-state index < -0.39 is 0 Å². The Morgan fingerprint density at radius 3 is 2.76 bits per heavy atom. The molecule has 0 heterocycles. The average Bonchev–Trinajstić information content (AvgIpc) is 2.31. The summed E-state index contributed by atoms with van der Waals surface area (Å²) in [5.41, 5.74) is 7.03. The zero-order valence-electron chi connectivity index (χ0n) is 10.1. The van der Waals surface area contributed by atoms with Gasteiger partial charge in [-0.25, -0.2) is 0 Å². The first-order valence-corrected chi connectivity index (χ1v) is 6.67. The third kappa shape index (κ3) is 5.26. The third-order valence-electron chi connectivity index (χ3n) is 2.50. The summed E-state index contributed by atoms with van der Waals surface area (Å²) in [5.74, 6) is 0. The Morgan fingerprint density at radius 2 is 2.06 bits per heavy atom. The molecule has 0 bridgehead atoms. The van der Waals surface area contributed by atoms with E-state index in [2.05, 4.69) is 6.92 Å². The smallest absolute Gasteiger partial charge is 0.0624 e. The number of hydrogen-bond acceptors (Lipinski definition) is 2. The monoisotopic (exact) mass is 275 g/mol. The molecule has 0 spiro atoms. The topological polar surface area (TPSA) is 35.2 Å². The Kier molecular flexibility index (Phi) is 6.90. The molecule has 0 amide bonds.